The van der Waals surface area contributed by atoms with Gasteiger partial charge in [-0.05, 0) is 33.6 Å². The van der Waals surface area contributed by atoms with Crippen molar-refractivity contribution in [2.45, 2.75) is 64.6 Å². The van der Waals surface area contributed by atoms with Crippen LogP contribution in [0.25, 0.3) is 0 Å². The molecule has 0 radical (unpaired) electrons. The van der Waals surface area contributed by atoms with Gasteiger partial charge >= 0.3 is 6.09 Å². The minimum absolute atomic E-state index is 0.177. The molecule has 112 valence electrons. The second-order valence-corrected chi connectivity index (χ2v) is 6.79. The van der Waals surface area contributed by atoms with Crippen molar-refractivity contribution in [3.63, 3.8) is 0 Å². The number of hydrogen-bond donors (Lipinski definition) is 2. The molecule has 1 saturated heterocycles. The number of carbonyl (C=O) groups excluding carboxylic acids is 1. The van der Waals surface area contributed by atoms with Gasteiger partial charge in [-0.1, -0.05) is 13.8 Å². The van der Waals surface area contributed by atoms with Gasteiger partial charge in [-0.25, -0.2) is 4.79 Å². The van der Waals surface area contributed by atoms with Crippen LogP contribution in [0.2, 0.25) is 0 Å². The van der Waals surface area contributed by atoms with Crippen molar-refractivity contribution in [2.75, 3.05) is 19.6 Å². The van der Waals surface area contributed by atoms with Crippen LogP contribution in [0.5, 0.6) is 0 Å². The summed E-state index contributed by atoms with van der Waals surface area (Å²) in [5.74, 6) is 0. The van der Waals surface area contributed by atoms with Gasteiger partial charge in [-0.15, -0.1) is 0 Å². The van der Waals surface area contributed by atoms with E-state index in [1.807, 2.05) is 20.8 Å². The smallest absolute Gasteiger partial charge is 0.410 e. The van der Waals surface area contributed by atoms with E-state index in [1.165, 1.54) is 0 Å². The Bertz CT molecular complexity index is 312. The van der Waals surface area contributed by atoms with Crippen molar-refractivity contribution in [2.24, 2.45) is 5.73 Å². The van der Waals surface area contributed by atoms with Gasteiger partial charge in [-0.3, -0.25) is 0 Å². The SMILES string of the molecule is CC(C)NC1(CN)CCCN(C(=O)OC(C)(C)C)C1. The zero-order valence-corrected chi connectivity index (χ0v) is 13.0. The molecule has 0 aromatic rings. The molecule has 0 aromatic heterocycles. The number of ether oxygens (including phenoxy) is 1. The molecule has 1 amide bonds. The third-order valence-electron chi connectivity index (χ3n) is 3.21. The molecule has 0 spiro atoms. The summed E-state index contributed by atoms with van der Waals surface area (Å²) in [5.41, 5.74) is 5.30. The highest BCUT2D eigenvalue weighted by molar-refractivity contribution is 5.68. The van der Waals surface area contributed by atoms with Crippen molar-refractivity contribution in [3.8, 4) is 0 Å². The van der Waals surface area contributed by atoms with Gasteiger partial charge in [0.2, 0.25) is 0 Å². The van der Waals surface area contributed by atoms with E-state index in [0.29, 0.717) is 19.1 Å². The van der Waals surface area contributed by atoms with Crippen LogP contribution < -0.4 is 11.1 Å². The van der Waals surface area contributed by atoms with Crippen molar-refractivity contribution < 1.29 is 9.53 Å². The second kappa shape index (κ2) is 6.09. The highest BCUT2D eigenvalue weighted by Crippen LogP contribution is 2.23. The molecule has 1 atom stereocenters. The first-order valence-electron chi connectivity index (χ1n) is 7.13. The molecule has 1 heterocycles. The summed E-state index contributed by atoms with van der Waals surface area (Å²) >= 11 is 0. The molecule has 1 unspecified atom stereocenters. The monoisotopic (exact) mass is 271 g/mol. The van der Waals surface area contributed by atoms with Crippen LogP contribution in [0.15, 0.2) is 0 Å². The predicted molar refractivity (Wildman–Crippen MR) is 77.1 cm³/mol. The molecule has 0 aromatic carbocycles. The van der Waals surface area contributed by atoms with E-state index < -0.39 is 5.60 Å². The Morgan fingerprint density at radius 2 is 2.11 bits per heavy atom. The van der Waals surface area contributed by atoms with Gasteiger partial charge in [0, 0.05) is 31.2 Å². The Hall–Kier alpha value is -0.810. The molecule has 1 fully saturated rings. The summed E-state index contributed by atoms with van der Waals surface area (Å²) in [5, 5.41) is 3.52. The van der Waals surface area contributed by atoms with Gasteiger partial charge < -0.3 is 20.7 Å². The maximum Gasteiger partial charge on any atom is 0.410 e. The topological polar surface area (TPSA) is 67.6 Å². The minimum Gasteiger partial charge on any atom is -0.444 e. The number of piperidine rings is 1. The molecule has 19 heavy (non-hydrogen) atoms. The van der Waals surface area contributed by atoms with E-state index in [0.717, 1.165) is 19.4 Å². The molecule has 0 saturated carbocycles. The van der Waals surface area contributed by atoms with E-state index in [1.54, 1.807) is 4.90 Å². The Balaban J connectivity index is 2.69. The van der Waals surface area contributed by atoms with Crippen LogP contribution in [0.1, 0.15) is 47.5 Å². The molecule has 1 aliphatic heterocycles. The number of hydrogen-bond acceptors (Lipinski definition) is 4. The van der Waals surface area contributed by atoms with Crippen LogP contribution in [0, 0.1) is 0 Å². The highest BCUT2D eigenvalue weighted by Gasteiger charge is 2.37. The summed E-state index contributed by atoms with van der Waals surface area (Å²) in [6, 6.07) is 0.349. The van der Waals surface area contributed by atoms with Crippen LogP contribution >= 0.6 is 0 Å². The highest BCUT2D eigenvalue weighted by atomic mass is 16.6. The third-order valence-corrected chi connectivity index (χ3v) is 3.21. The van der Waals surface area contributed by atoms with Crippen LogP contribution in [-0.2, 0) is 4.74 Å². The molecular formula is C14H29N3O2. The number of nitrogens with two attached hydrogens (primary N) is 1. The summed E-state index contributed by atoms with van der Waals surface area (Å²) in [7, 11) is 0. The number of nitrogens with zero attached hydrogens (tertiary/aromatic N) is 1. The van der Waals surface area contributed by atoms with Gasteiger partial charge in [-0.2, -0.15) is 0 Å². The van der Waals surface area contributed by atoms with E-state index in [-0.39, 0.29) is 11.6 Å². The molecule has 5 nitrogen and oxygen atoms in total. The van der Waals surface area contributed by atoms with Gasteiger partial charge in [0.25, 0.3) is 0 Å². The first-order chi connectivity index (χ1) is 8.67. The van der Waals surface area contributed by atoms with Crippen LogP contribution in [0.4, 0.5) is 4.79 Å². The molecule has 3 N–H and O–H groups in total. The van der Waals surface area contributed by atoms with E-state index in [4.69, 9.17) is 10.5 Å². The Morgan fingerprint density at radius 1 is 1.47 bits per heavy atom. The van der Waals surface area contributed by atoms with Crippen LogP contribution in [-0.4, -0.2) is 47.8 Å². The normalized spacial score (nSPS) is 24.7. The molecule has 1 aliphatic rings. The number of rotatable bonds is 3. The first kappa shape index (κ1) is 16.2. The molecule has 0 bridgehead atoms. The summed E-state index contributed by atoms with van der Waals surface area (Å²) in [4.78, 5) is 13.9. The van der Waals surface area contributed by atoms with Gasteiger partial charge in [0.05, 0.1) is 0 Å². The molecule has 1 rings (SSSR count). The predicted octanol–water partition coefficient (Wildman–Crippen LogP) is 1.71. The lowest BCUT2D eigenvalue weighted by Gasteiger charge is -2.44. The van der Waals surface area contributed by atoms with Crippen molar-refractivity contribution >= 4 is 6.09 Å². The van der Waals surface area contributed by atoms with Crippen LogP contribution in [0.3, 0.4) is 0 Å². The van der Waals surface area contributed by atoms with Gasteiger partial charge in [0.15, 0.2) is 0 Å². The number of likely N-dealkylation sites (tertiary alicyclic amines) is 1. The average molecular weight is 271 g/mol. The Labute approximate surface area is 116 Å². The lowest BCUT2D eigenvalue weighted by molar-refractivity contribution is 0.0108. The number of amides is 1. The fraction of sp³-hybridized carbons (Fsp3) is 0.929. The lowest BCUT2D eigenvalue weighted by atomic mass is 9.88. The maximum absolute atomic E-state index is 12.1. The zero-order valence-electron chi connectivity index (χ0n) is 13.0. The molecule has 0 aliphatic carbocycles. The number of carbonyl (C=O) groups is 1. The van der Waals surface area contributed by atoms with E-state index in [9.17, 15) is 4.79 Å². The molecule has 5 heteroatoms. The quantitative estimate of drug-likeness (QED) is 0.820. The first-order valence-corrected chi connectivity index (χ1v) is 7.13. The maximum atomic E-state index is 12.1. The molecular weight excluding hydrogens is 242 g/mol. The average Bonchev–Trinajstić information content (AvgIpc) is 2.26. The summed E-state index contributed by atoms with van der Waals surface area (Å²) < 4.78 is 5.44. The Morgan fingerprint density at radius 3 is 2.58 bits per heavy atom. The minimum atomic E-state index is -0.453. The third kappa shape index (κ3) is 4.99. The van der Waals surface area contributed by atoms with E-state index in [2.05, 4.69) is 19.2 Å². The summed E-state index contributed by atoms with van der Waals surface area (Å²) in [6.07, 6.45) is 1.72. The zero-order chi connectivity index (χ0) is 14.7. The van der Waals surface area contributed by atoms with Crippen molar-refractivity contribution in [3.05, 3.63) is 0 Å². The number of nitrogens with one attached hydrogen (secondary N) is 1. The lowest BCUT2D eigenvalue weighted by Crippen LogP contribution is -2.63. The second-order valence-electron chi connectivity index (χ2n) is 6.79. The summed E-state index contributed by atoms with van der Waals surface area (Å²) in [6.45, 7) is 11.8. The Kier molecular flexibility index (Phi) is 5.21. The largest absolute Gasteiger partial charge is 0.444 e. The standard InChI is InChI=1S/C14H29N3O2/c1-11(2)16-14(9-15)7-6-8-17(10-14)12(18)19-13(3,4)5/h11,16H,6-10,15H2,1-5H3. The van der Waals surface area contributed by atoms with Crippen molar-refractivity contribution in [1.82, 2.24) is 10.2 Å². The van der Waals surface area contributed by atoms with Crippen molar-refractivity contribution in [1.29, 1.82) is 0 Å². The fourth-order valence-corrected chi connectivity index (χ4v) is 2.57. The van der Waals surface area contributed by atoms with Gasteiger partial charge in [0.1, 0.15) is 5.60 Å². The fourth-order valence-electron chi connectivity index (χ4n) is 2.57. The van der Waals surface area contributed by atoms with E-state index >= 15 is 0 Å².